The van der Waals surface area contributed by atoms with Gasteiger partial charge < -0.3 is 14.4 Å². The number of carbonyl (C=O) groups is 1. The molecule has 3 aromatic rings. The van der Waals surface area contributed by atoms with Crippen molar-refractivity contribution in [3.8, 4) is 11.5 Å². The molecule has 0 aromatic heterocycles. The highest BCUT2D eigenvalue weighted by Crippen LogP contribution is 2.33. The molecule has 0 radical (unpaired) electrons. The number of ether oxygens (including phenoxy) is 2. The van der Waals surface area contributed by atoms with Crippen molar-refractivity contribution in [1.29, 1.82) is 0 Å². The number of benzene rings is 3. The maximum absolute atomic E-state index is 13.4. The van der Waals surface area contributed by atoms with Crippen LogP contribution in [0.15, 0.2) is 72.8 Å². The lowest BCUT2D eigenvalue weighted by molar-refractivity contribution is 0.0730. The van der Waals surface area contributed by atoms with Crippen molar-refractivity contribution < 1.29 is 14.3 Å². The van der Waals surface area contributed by atoms with Gasteiger partial charge in [-0.3, -0.25) is 4.79 Å². The zero-order valence-corrected chi connectivity index (χ0v) is 17.3. The smallest absolute Gasteiger partial charge is 0.254 e. The number of hydrogen-bond acceptors (Lipinski definition) is 3. The molecule has 4 nitrogen and oxygen atoms in total. The molecule has 0 saturated heterocycles. The summed E-state index contributed by atoms with van der Waals surface area (Å²) in [4.78, 5) is 15.3. The minimum atomic E-state index is 0.0264. The summed E-state index contributed by atoms with van der Waals surface area (Å²) < 4.78 is 10.9. The summed E-state index contributed by atoms with van der Waals surface area (Å²) in [7, 11) is 0. The van der Waals surface area contributed by atoms with Crippen molar-refractivity contribution in [1.82, 2.24) is 4.90 Å². The number of rotatable bonds is 8. The first-order valence-corrected chi connectivity index (χ1v) is 10.5. The fraction of sp³-hybridized carbons (Fsp3) is 0.269. The number of nitrogens with zero attached hydrogens (tertiary/aromatic N) is 1. The molecule has 30 heavy (non-hydrogen) atoms. The third-order valence-electron chi connectivity index (χ3n) is 5.33. The minimum Gasteiger partial charge on any atom is -0.454 e. The van der Waals surface area contributed by atoms with Crippen LogP contribution in [0.5, 0.6) is 11.5 Å². The van der Waals surface area contributed by atoms with Gasteiger partial charge in [0, 0.05) is 18.7 Å². The Morgan fingerprint density at radius 2 is 1.53 bits per heavy atom. The van der Waals surface area contributed by atoms with Crippen LogP contribution in [0.2, 0.25) is 0 Å². The van der Waals surface area contributed by atoms with Crippen LogP contribution in [0.3, 0.4) is 0 Å². The summed E-state index contributed by atoms with van der Waals surface area (Å²) in [5.41, 5.74) is 4.11. The van der Waals surface area contributed by atoms with Crippen molar-refractivity contribution in [3.05, 3.63) is 95.1 Å². The lowest BCUT2D eigenvalue weighted by atomic mass is 10.1. The molecule has 1 amide bonds. The quantitative estimate of drug-likeness (QED) is 0.493. The Balaban J connectivity index is 1.55. The second-order valence-electron chi connectivity index (χ2n) is 7.63. The van der Waals surface area contributed by atoms with E-state index in [9.17, 15) is 4.79 Å². The molecule has 0 atom stereocenters. The maximum Gasteiger partial charge on any atom is 0.254 e. The van der Waals surface area contributed by atoms with E-state index in [0.717, 1.165) is 35.5 Å². The van der Waals surface area contributed by atoms with E-state index in [1.807, 2.05) is 65.6 Å². The Bertz CT molecular complexity index is 983. The van der Waals surface area contributed by atoms with E-state index in [4.69, 9.17) is 9.47 Å². The van der Waals surface area contributed by atoms with Gasteiger partial charge in [0.1, 0.15) is 0 Å². The standard InChI is InChI=1S/C26H27NO3/c1-2-3-7-20-10-13-23(14-11-20)26(28)27(17-21-8-5-4-6-9-21)18-22-12-15-24-25(16-22)30-19-29-24/h4-6,8-16H,2-3,7,17-19H2,1H3. The summed E-state index contributed by atoms with van der Waals surface area (Å²) in [5.74, 6) is 1.51. The van der Waals surface area contributed by atoms with Gasteiger partial charge in [0.25, 0.3) is 5.91 Å². The molecular formula is C26H27NO3. The number of fused-ring (bicyclic) bond motifs is 1. The van der Waals surface area contributed by atoms with Crippen molar-refractivity contribution in [2.24, 2.45) is 0 Å². The van der Waals surface area contributed by atoms with Gasteiger partial charge in [-0.15, -0.1) is 0 Å². The van der Waals surface area contributed by atoms with Crippen LogP contribution in [0.25, 0.3) is 0 Å². The first kappa shape index (κ1) is 20.0. The van der Waals surface area contributed by atoms with Crippen molar-refractivity contribution in [2.75, 3.05) is 6.79 Å². The number of carbonyl (C=O) groups excluding carboxylic acids is 1. The third-order valence-corrected chi connectivity index (χ3v) is 5.33. The molecule has 1 heterocycles. The Labute approximate surface area is 178 Å². The molecule has 0 bridgehead atoms. The van der Waals surface area contributed by atoms with Gasteiger partial charge in [-0.25, -0.2) is 0 Å². The second kappa shape index (κ2) is 9.49. The lowest BCUT2D eigenvalue weighted by Crippen LogP contribution is -2.30. The van der Waals surface area contributed by atoms with E-state index in [1.54, 1.807) is 0 Å². The van der Waals surface area contributed by atoms with E-state index in [1.165, 1.54) is 12.0 Å². The topological polar surface area (TPSA) is 38.8 Å². The maximum atomic E-state index is 13.4. The predicted octanol–water partition coefficient (Wildman–Crippen LogP) is 5.60. The van der Waals surface area contributed by atoms with E-state index < -0.39 is 0 Å². The molecule has 154 valence electrons. The lowest BCUT2D eigenvalue weighted by Gasteiger charge is -2.23. The van der Waals surface area contributed by atoms with E-state index >= 15 is 0 Å². The predicted molar refractivity (Wildman–Crippen MR) is 118 cm³/mol. The SMILES string of the molecule is CCCCc1ccc(C(=O)N(Cc2ccccc2)Cc2ccc3c(c2)OCO3)cc1. The number of aryl methyl sites for hydroxylation is 1. The van der Waals surface area contributed by atoms with E-state index in [0.29, 0.717) is 18.7 Å². The highest BCUT2D eigenvalue weighted by Gasteiger charge is 2.19. The largest absolute Gasteiger partial charge is 0.454 e. The summed E-state index contributed by atoms with van der Waals surface area (Å²) >= 11 is 0. The molecule has 0 fully saturated rings. The van der Waals surface area contributed by atoms with Crippen LogP contribution >= 0.6 is 0 Å². The zero-order chi connectivity index (χ0) is 20.8. The van der Waals surface area contributed by atoms with E-state index in [-0.39, 0.29) is 12.7 Å². The highest BCUT2D eigenvalue weighted by atomic mass is 16.7. The number of hydrogen-bond donors (Lipinski definition) is 0. The first-order valence-electron chi connectivity index (χ1n) is 10.5. The van der Waals surface area contributed by atoms with Gasteiger partial charge >= 0.3 is 0 Å². The van der Waals surface area contributed by atoms with Crippen molar-refractivity contribution in [3.63, 3.8) is 0 Å². The summed E-state index contributed by atoms with van der Waals surface area (Å²) in [6.45, 7) is 3.49. The van der Waals surface area contributed by atoms with E-state index in [2.05, 4.69) is 19.1 Å². The van der Waals surface area contributed by atoms with Gasteiger partial charge in [-0.1, -0.05) is 61.9 Å². The molecule has 4 heteroatoms. The van der Waals surface area contributed by atoms with Gasteiger partial charge in [0.2, 0.25) is 6.79 Å². The molecule has 4 rings (SSSR count). The van der Waals surface area contributed by atoms with Gasteiger partial charge in [-0.05, 0) is 53.8 Å². The number of amides is 1. The Kier molecular flexibility index (Phi) is 6.33. The second-order valence-corrected chi connectivity index (χ2v) is 7.63. The summed E-state index contributed by atoms with van der Waals surface area (Å²) in [6, 6.07) is 24.0. The molecule has 1 aliphatic heterocycles. The molecule has 3 aromatic carbocycles. The van der Waals surface area contributed by atoms with Crippen LogP contribution < -0.4 is 9.47 Å². The average molecular weight is 402 g/mol. The Morgan fingerprint density at radius 1 is 0.833 bits per heavy atom. The normalized spacial score (nSPS) is 12.0. The Morgan fingerprint density at radius 3 is 2.30 bits per heavy atom. The average Bonchev–Trinajstić information content (AvgIpc) is 3.26. The fourth-order valence-electron chi connectivity index (χ4n) is 3.64. The molecule has 1 aliphatic rings. The van der Waals surface area contributed by atoms with Crippen LogP contribution in [0, 0.1) is 0 Å². The monoisotopic (exact) mass is 401 g/mol. The van der Waals surface area contributed by atoms with Crippen molar-refractivity contribution in [2.45, 2.75) is 39.3 Å². The minimum absolute atomic E-state index is 0.0264. The van der Waals surface area contributed by atoms with Crippen molar-refractivity contribution >= 4 is 5.91 Å². The molecule has 0 saturated carbocycles. The zero-order valence-electron chi connectivity index (χ0n) is 17.3. The van der Waals surface area contributed by atoms with Crippen LogP contribution in [0.1, 0.15) is 46.8 Å². The summed E-state index contributed by atoms with van der Waals surface area (Å²) in [6.07, 6.45) is 3.38. The molecule has 0 spiro atoms. The van der Waals surface area contributed by atoms with Crippen LogP contribution in [0.4, 0.5) is 0 Å². The first-order chi connectivity index (χ1) is 14.7. The summed E-state index contributed by atoms with van der Waals surface area (Å²) in [5, 5.41) is 0. The van der Waals surface area contributed by atoms with Crippen LogP contribution in [-0.2, 0) is 19.5 Å². The van der Waals surface area contributed by atoms with Gasteiger partial charge in [-0.2, -0.15) is 0 Å². The number of unbranched alkanes of at least 4 members (excludes halogenated alkanes) is 1. The third kappa shape index (κ3) is 4.82. The fourth-order valence-corrected chi connectivity index (χ4v) is 3.64. The highest BCUT2D eigenvalue weighted by molar-refractivity contribution is 5.94. The van der Waals surface area contributed by atoms with Gasteiger partial charge in [0.15, 0.2) is 11.5 Å². The molecule has 0 N–H and O–H groups in total. The van der Waals surface area contributed by atoms with Crippen LogP contribution in [-0.4, -0.2) is 17.6 Å². The molecule has 0 aliphatic carbocycles. The molecular weight excluding hydrogens is 374 g/mol. The van der Waals surface area contributed by atoms with Gasteiger partial charge in [0.05, 0.1) is 0 Å². The molecule has 0 unspecified atom stereocenters. The Hall–Kier alpha value is -3.27.